The van der Waals surface area contributed by atoms with Crippen LogP contribution in [0.15, 0.2) is 48.3 Å². The molecule has 4 nitrogen and oxygen atoms in total. The molecule has 0 bridgehead atoms. The van der Waals surface area contributed by atoms with Crippen LogP contribution in [0.1, 0.15) is 83.6 Å². The van der Waals surface area contributed by atoms with Crippen LogP contribution in [0, 0.1) is 17.8 Å². The molecular weight excluding hydrogens is 396 g/mol. The summed E-state index contributed by atoms with van der Waals surface area (Å²) in [6.45, 7) is 6.08. The maximum absolute atomic E-state index is 10.6. The van der Waals surface area contributed by atoms with E-state index in [1.165, 1.54) is 31.2 Å². The summed E-state index contributed by atoms with van der Waals surface area (Å²) < 4.78 is 0. The number of hydrogen-bond acceptors (Lipinski definition) is 4. The fraction of sp³-hybridized carbons (Fsp3) is 0.679. The number of aliphatic hydroxyl groups excluding tert-OH is 1. The van der Waals surface area contributed by atoms with Crippen molar-refractivity contribution in [2.24, 2.45) is 17.8 Å². The molecule has 2 aliphatic carbocycles. The first-order valence-corrected chi connectivity index (χ1v) is 12.8. The summed E-state index contributed by atoms with van der Waals surface area (Å²) in [6.07, 6.45) is 20.9. The normalized spacial score (nSPS) is 26.9. The molecule has 1 heterocycles. The highest BCUT2D eigenvalue weighted by Gasteiger charge is 2.43. The molecule has 0 unspecified atom stereocenters. The average Bonchev–Trinajstić information content (AvgIpc) is 3.29. The number of nitrogens with one attached hydrogen (secondary N) is 1. The van der Waals surface area contributed by atoms with Crippen LogP contribution in [-0.2, 0) is 6.54 Å². The predicted octanol–water partition coefficient (Wildman–Crippen LogP) is 5.56. The number of aromatic nitrogens is 1. The number of fused-ring (bicyclic) bond motifs is 1. The number of hydrogen-bond donors (Lipinski definition) is 3. The van der Waals surface area contributed by atoms with Gasteiger partial charge in [-0.1, -0.05) is 50.0 Å². The molecule has 2 aliphatic rings. The SMILES string of the molecule is CCCC[C@](C)(O)CC=C[C@@H]1[C@H]2CC(CCCCCNCc3ccncc3)=C[C@H]2C[C@H]1O. The van der Waals surface area contributed by atoms with Crippen molar-refractivity contribution < 1.29 is 10.2 Å². The van der Waals surface area contributed by atoms with Gasteiger partial charge in [-0.3, -0.25) is 4.98 Å². The van der Waals surface area contributed by atoms with Gasteiger partial charge in [-0.25, -0.2) is 0 Å². The average molecular weight is 441 g/mol. The highest BCUT2D eigenvalue weighted by atomic mass is 16.3. The molecular formula is C28H44N2O2. The summed E-state index contributed by atoms with van der Waals surface area (Å²) >= 11 is 0. The smallest absolute Gasteiger partial charge is 0.0654 e. The monoisotopic (exact) mass is 440 g/mol. The summed E-state index contributed by atoms with van der Waals surface area (Å²) in [5.41, 5.74) is 2.27. The Morgan fingerprint density at radius 3 is 2.78 bits per heavy atom. The summed E-state index contributed by atoms with van der Waals surface area (Å²) in [7, 11) is 0. The van der Waals surface area contributed by atoms with Crippen molar-refractivity contribution in [2.45, 2.75) is 96.3 Å². The molecule has 0 amide bonds. The van der Waals surface area contributed by atoms with Gasteiger partial charge in [-0.15, -0.1) is 0 Å². The van der Waals surface area contributed by atoms with Crippen molar-refractivity contribution in [3.05, 3.63) is 53.9 Å². The number of nitrogens with zero attached hydrogens (tertiary/aromatic N) is 1. The number of aliphatic hydroxyl groups is 2. The topological polar surface area (TPSA) is 65.4 Å². The van der Waals surface area contributed by atoms with Gasteiger partial charge in [0.05, 0.1) is 11.7 Å². The van der Waals surface area contributed by atoms with Crippen LogP contribution in [0.2, 0.25) is 0 Å². The van der Waals surface area contributed by atoms with Gasteiger partial charge < -0.3 is 15.5 Å². The van der Waals surface area contributed by atoms with Crippen LogP contribution < -0.4 is 5.32 Å². The zero-order valence-electron chi connectivity index (χ0n) is 20.2. The molecule has 0 radical (unpaired) electrons. The molecule has 0 aromatic carbocycles. The Labute approximate surface area is 195 Å². The lowest BCUT2D eigenvalue weighted by atomic mass is 9.87. The summed E-state index contributed by atoms with van der Waals surface area (Å²) in [6, 6.07) is 4.12. The molecule has 0 spiro atoms. The van der Waals surface area contributed by atoms with Gasteiger partial charge in [0.15, 0.2) is 0 Å². The van der Waals surface area contributed by atoms with Crippen LogP contribution in [0.4, 0.5) is 0 Å². The summed E-state index contributed by atoms with van der Waals surface area (Å²) in [5.74, 6) is 1.34. The quantitative estimate of drug-likeness (QED) is 0.262. The molecule has 3 rings (SSSR count). The first-order valence-electron chi connectivity index (χ1n) is 12.8. The molecule has 32 heavy (non-hydrogen) atoms. The van der Waals surface area contributed by atoms with Crippen LogP contribution in [0.25, 0.3) is 0 Å². The summed E-state index contributed by atoms with van der Waals surface area (Å²) in [5, 5.41) is 24.6. The van der Waals surface area contributed by atoms with E-state index in [1.54, 1.807) is 5.57 Å². The fourth-order valence-electron chi connectivity index (χ4n) is 5.44. The number of unbranched alkanes of at least 4 members (excludes halogenated alkanes) is 3. The first kappa shape index (κ1) is 25.1. The fourth-order valence-corrected chi connectivity index (χ4v) is 5.44. The lowest BCUT2D eigenvalue weighted by Crippen LogP contribution is -2.23. The second kappa shape index (κ2) is 12.7. The Morgan fingerprint density at radius 2 is 2.00 bits per heavy atom. The second-order valence-electron chi connectivity index (χ2n) is 10.3. The third kappa shape index (κ3) is 7.83. The van der Waals surface area contributed by atoms with E-state index in [0.29, 0.717) is 18.3 Å². The van der Waals surface area contributed by atoms with Crippen molar-refractivity contribution >= 4 is 0 Å². The third-order valence-electron chi connectivity index (χ3n) is 7.36. The molecule has 1 saturated carbocycles. The molecule has 3 N–H and O–H groups in total. The zero-order chi connectivity index (χ0) is 22.8. The van der Waals surface area contributed by atoms with Crippen LogP contribution in [0.5, 0.6) is 0 Å². The van der Waals surface area contributed by atoms with Gasteiger partial charge in [-0.2, -0.15) is 0 Å². The standard InChI is InChI=1S/C28H44N2O2/c1-3-4-13-28(2,32)14-8-10-25-26-19-23(18-24(26)20-27(25)31)9-6-5-7-15-30-21-22-11-16-29-17-12-22/h8,10-12,16-18,24-27,30-32H,3-7,9,13-15,19-21H2,1-2H3/t24-,25+,26-,27+,28-/m0/s1. The number of rotatable bonds is 14. The number of pyridine rings is 1. The van der Waals surface area contributed by atoms with Crippen LogP contribution >= 0.6 is 0 Å². The van der Waals surface area contributed by atoms with E-state index in [1.807, 2.05) is 19.3 Å². The minimum Gasteiger partial charge on any atom is -0.392 e. The minimum absolute atomic E-state index is 0.230. The van der Waals surface area contributed by atoms with Crippen molar-refractivity contribution in [1.82, 2.24) is 10.3 Å². The molecule has 0 aliphatic heterocycles. The Bertz CT molecular complexity index is 728. The third-order valence-corrected chi connectivity index (χ3v) is 7.36. The summed E-state index contributed by atoms with van der Waals surface area (Å²) in [4.78, 5) is 4.05. The maximum atomic E-state index is 10.6. The molecule has 1 aromatic rings. The maximum Gasteiger partial charge on any atom is 0.0654 e. The molecule has 4 heteroatoms. The van der Waals surface area contributed by atoms with Gasteiger partial charge in [0.2, 0.25) is 0 Å². The first-order chi connectivity index (χ1) is 15.5. The Morgan fingerprint density at radius 1 is 1.19 bits per heavy atom. The van der Waals surface area contributed by atoms with Gasteiger partial charge in [0.1, 0.15) is 0 Å². The van der Waals surface area contributed by atoms with E-state index in [0.717, 1.165) is 45.2 Å². The Balaban J connectivity index is 1.32. The van der Waals surface area contributed by atoms with E-state index >= 15 is 0 Å². The van der Waals surface area contributed by atoms with Crippen molar-refractivity contribution in [2.75, 3.05) is 6.54 Å². The highest BCUT2D eigenvalue weighted by Crippen LogP contribution is 2.48. The number of allylic oxidation sites excluding steroid dienone is 2. The van der Waals surface area contributed by atoms with Crippen LogP contribution in [-0.4, -0.2) is 33.4 Å². The lowest BCUT2D eigenvalue weighted by Gasteiger charge is -2.22. The molecule has 0 saturated heterocycles. The van der Waals surface area contributed by atoms with Gasteiger partial charge in [-0.05, 0) is 87.9 Å². The van der Waals surface area contributed by atoms with Gasteiger partial charge >= 0.3 is 0 Å². The van der Waals surface area contributed by atoms with Crippen molar-refractivity contribution in [1.29, 1.82) is 0 Å². The lowest BCUT2D eigenvalue weighted by molar-refractivity contribution is 0.0513. The van der Waals surface area contributed by atoms with Crippen LogP contribution in [0.3, 0.4) is 0 Å². The molecule has 1 fully saturated rings. The van der Waals surface area contributed by atoms with Gasteiger partial charge in [0.25, 0.3) is 0 Å². The predicted molar refractivity (Wildman–Crippen MR) is 132 cm³/mol. The largest absolute Gasteiger partial charge is 0.392 e. The van der Waals surface area contributed by atoms with Crippen molar-refractivity contribution in [3.63, 3.8) is 0 Å². The van der Waals surface area contributed by atoms with E-state index in [4.69, 9.17) is 0 Å². The van der Waals surface area contributed by atoms with Gasteiger partial charge in [0, 0.05) is 24.9 Å². The van der Waals surface area contributed by atoms with E-state index in [2.05, 4.69) is 47.6 Å². The molecule has 5 atom stereocenters. The molecule has 178 valence electrons. The minimum atomic E-state index is -0.623. The Hall–Kier alpha value is -1.49. The zero-order valence-corrected chi connectivity index (χ0v) is 20.2. The Kier molecular flexibility index (Phi) is 9.95. The highest BCUT2D eigenvalue weighted by molar-refractivity contribution is 5.20. The van der Waals surface area contributed by atoms with E-state index in [-0.39, 0.29) is 12.0 Å². The molecule has 1 aromatic heterocycles. The van der Waals surface area contributed by atoms with E-state index in [9.17, 15) is 10.2 Å². The van der Waals surface area contributed by atoms with E-state index < -0.39 is 5.60 Å². The second-order valence-corrected chi connectivity index (χ2v) is 10.3. The van der Waals surface area contributed by atoms with Crippen molar-refractivity contribution in [3.8, 4) is 0 Å².